The van der Waals surface area contributed by atoms with Crippen molar-refractivity contribution in [3.8, 4) is 5.75 Å². The van der Waals surface area contributed by atoms with Gasteiger partial charge in [0.1, 0.15) is 0 Å². The number of nitrogens with one attached hydrogen (secondary N) is 1. The van der Waals surface area contributed by atoms with Gasteiger partial charge in [-0.15, -0.1) is 0 Å². The van der Waals surface area contributed by atoms with E-state index < -0.39 is 22.4 Å². The van der Waals surface area contributed by atoms with Crippen LogP contribution in [-0.2, 0) is 10.2 Å². The SMILES string of the molecule is CC(C)(C)CC(C)(C)c1ccc(OCC(=O)N/N=C/c2ccc([N+](=O)[O-])s2)c([N+](=O)[O-])c1. The predicted octanol–water partition coefficient (Wildman–Crippen LogP) is 4.81. The van der Waals surface area contributed by atoms with Crippen molar-refractivity contribution in [3.63, 3.8) is 0 Å². The van der Waals surface area contributed by atoms with Crippen LogP contribution in [0.25, 0.3) is 0 Å². The second kappa shape index (κ2) is 9.86. The minimum Gasteiger partial charge on any atom is -0.477 e. The lowest BCUT2D eigenvalue weighted by Gasteiger charge is -2.33. The van der Waals surface area contributed by atoms with E-state index in [1.807, 2.05) is 13.8 Å². The van der Waals surface area contributed by atoms with Gasteiger partial charge in [-0.2, -0.15) is 5.10 Å². The Morgan fingerprint density at radius 1 is 1.12 bits per heavy atom. The van der Waals surface area contributed by atoms with E-state index in [4.69, 9.17) is 4.74 Å². The molecule has 1 amide bonds. The highest BCUT2D eigenvalue weighted by molar-refractivity contribution is 7.16. The van der Waals surface area contributed by atoms with Crippen LogP contribution in [0.1, 0.15) is 51.5 Å². The zero-order valence-electron chi connectivity index (χ0n) is 18.6. The summed E-state index contributed by atoms with van der Waals surface area (Å²) < 4.78 is 5.35. The molecule has 0 saturated carbocycles. The van der Waals surface area contributed by atoms with Crippen molar-refractivity contribution in [3.05, 3.63) is 61.0 Å². The van der Waals surface area contributed by atoms with Crippen molar-refractivity contribution in [2.24, 2.45) is 10.5 Å². The van der Waals surface area contributed by atoms with Gasteiger partial charge >= 0.3 is 10.7 Å². The zero-order valence-corrected chi connectivity index (χ0v) is 19.4. The molecule has 1 aromatic carbocycles. The third kappa shape index (κ3) is 7.12. The Morgan fingerprint density at radius 2 is 1.81 bits per heavy atom. The van der Waals surface area contributed by atoms with E-state index >= 15 is 0 Å². The molecular formula is C21H26N4O6S. The highest BCUT2D eigenvalue weighted by Gasteiger charge is 2.29. The molecule has 0 radical (unpaired) electrons. The van der Waals surface area contributed by atoms with E-state index in [1.54, 1.807) is 6.07 Å². The van der Waals surface area contributed by atoms with Crippen LogP contribution in [0.2, 0.25) is 0 Å². The standard InChI is InChI=1S/C21H26N4O6S/c1-20(2,3)13-21(4,5)14-6-8-17(16(10-14)24(27)28)31-12-18(26)23-22-11-15-7-9-19(32-15)25(29)30/h6-11H,12-13H2,1-5H3,(H,23,26)/b22-11+. The van der Waals surface area contributed by atoms with Gasteiger partial charge in [0.25, 0.3) is 5.91 Å². The monoisotopic (exact) mass is 462 g/mol. The number of hydrogen-bond acceptors (Lipinski definition) is 8. The summed E-state index contributed by atoms with van der Waals surface area (Å²) >= 11 is 0.909. The normalized spacial score (nSPS) is 12.0. The van der Waals surface area contributed by atoms with Gasteiger partial charge in [0.15, 0.2) is 12.4 Å². The van der Waals surface area contributed by atoms with Crippen molar-refractivity contribution < 1.29 is 19.4 Å². The summed E-state index contributed by atoms with van der Waals surface area (Å²) in [7, 11) is 0. The molecular weight excluding hydrogens is 436 g/mol. The lowest BCUT2D eigenvalue weighted by Crippen LogP contribution is -2.26. The van der Waals surface area contributed by atoms with Gasteiger partial charge in [0, 0.05) is 12.1 Å². The fraction of sp³-hybridized carbons (Fsp3) is 0.429. The number of benzene rings is 1. The number of ether oxygens (including phenoxy) is 1. The molecule has 172 valence electrons. The third-order valence-electron chi connectivity index (χ3n) is 4.44. The second-order valence-corrected chi connectivity index (χ2v) is 10.2. The zero-order chi connectivity index (χ0) is 24.1. The molecule has 1 heterocycles. The van der Waals surface area contributed by atoms with Crippen LogP contribution in [0.5, 0.6) is 5.75 Å². The molecule has 2 aromatic rings. The number of nitro groups is 2. The molecule has 10 nitrogen and oxygen atoms in total. The number of nitro benzene ring substituents is 1. The van der Waals surface area contributed by atoms with Crippen LogP contribution in [0.4, 0.5) is 10.7 Å². The van der Waals surface area contributed by atoms with Crippen LogP contribution in [0, 0.1) is 25.6 Å². The maximum absolute atomic E-state index is 12.0. The Labute approximate surface area is 189 Å². The van der Waals surface area contributed by atoms with Gasteiger partial charge in [-0.3, -0.25) is 25.0 Å². The smallest absolute Gasteiger partial charge is 0.324 e. The topological polar surface area (TPSA) is 137 Å². The average molecular weight is 463 g/mol. The van der Waals surface area contributed by atoms with Gasteiger partial charge in [-0.25, -0.2) is 5.43 Å². The molecule has 0 atom stereocenters. The van der Waals surface area contributed by atoms with Crippen LogP contribution < -0.4 is 10.2 Å². The maximum Gasteiger partial charge on any atom is 0.324 e. The fourth-order valence-corrected chi connectivity index (χ4v) is 4.18. The molecule has 0 bridgehead atoms. The summed E-state index contributed by atoms with van der Waals surface area (Å²) in [5.74, 6) is -0.642. The molecule has 1 aromatic heterocycles. The largest absolute Gasteiger partial charge is 0.477 e. The van der Waals surface area contributed by atoms with Crippen molar-refractivity contribution in [1.82, 2.24) is 5.43 Å². The molecule has 2 rings (SSSR count). The minimum atomic E-state index is -0.626. The van der Waals surface area contributed by atoms with Crippen molar-refractivity contribution >= 4 is 34.1 Å². The first-order chi connectivity index (χ1) is 14.8. The van der Waals surface area contributed by atoms with E-state index in [1.165, 1.54) is 30.5 Å². The first kappa shape index (κ1) is 24.9. The molecule has 1 N–H and O–H groups in total. The quantitative estimate of drug-likeness (QED) is 0.322. The third-order valence-corrected chi connectivity index (χ3v) is 5.41. The molecule has 0 aliphatic carbocycles. The lowest BCUT2D eigenvalue weighted by molar-refractivity contribution is -0.385. The van der Waals surface area contributed by atoms with E-state index in [0.29, 0.717) is 4.88 Å². The Bertz CT molecular complexity index is 1040. The summed E-state index contributed by atoms with van der Waals surface area (Å²) in [6.45, 7) is 9.93. The van der Waals surface area contributed by atoms with Crippen molar-refractivity contribution in [1.29, 1.82) is 0 Å². The Hall–Kier alpha value is -3.34. The minimum absolute atomic E-state index is 0.0154. The number of thiophene rings is 1. The second-order valence-electron chi connectivity index (χ2n) is 9.08. The Balaban J connectivity index is 2.03. The summed E-state index contributed by atoms with van der Waals surface area (Å²) in [5, 5.41) is 25.9. The van der Waals surface area contributed by atoms with E-state index in [2.05, 4.69) is 31.3 Å². The van der Waals surface area contributed by atoms with Gasteiger partial charge in [0.05, 0.1) is 20.9 Å². The number of carbonyl (C=O) groups is 1. The lowest BCUT2D eigenvalue weighted by atomic mass is 9.72. The van der Waals surface area contributed by atoms with Crippen LogP contribution in [0.3, 0.4) is 0 Å². The van der Waals surface area contributed by atoms with Crippen molar-refractivity contribution in [2.75, 3.05) is 6.61 Å². The molecule has 32 heavy (non-hydrogen) atoms. The number of hydrogen-bond donors (Lipinski definition) is 1. The molecule has 0 spiro atoms. The number of rotatable bonds is 9. The predicted molar refractivity (Wildman–Crippen MR) is 122 cm³/mol. The Morgan fingerprint density at radius 3 is 2.38 bits per heavy atom. The first-order valence-electron chi connectivity index (χ1n) is 9.76. The molecule has 0 aliphatic heterocycles. The van der Waals surface area contributed by atoms with Gasteiger partial charge in [-0.1, -0.05) is 52.0 Å². The van der Waals surface area contributed by atoms with Crippen LogP contribution in [0.15, 0.2) is 35.4 Å². The van der Waals surface area contributed by atoms with E-state index in [-0.39, 0.29) is 27.3 Å². The molecule has 0 aliphatic rings. The van der Waals surface area contributed by atoms with E-state index in [9.17, 15) is 25.0 Å². The average Bonchev–Trinajstić information content (AvgIpc) is 3.13. The maximum atomic E-state index is 12.0. The van der Waals surface area contributed by atoms with Crippen LogP contribution in [-0.4, -0.2) is 28.6 Å². The van der Waals surface area contributed by atoms with Crippen LogP contribution >= 0.6 is 11.3 Å². The molecule has 0 fully saturated rings. The molecule has 0 saturated heterocycles. The van der Waals surface area contributed by atoms with Gasteiger partial charge in [0.2, 0.25) is 0 Å². The summed E-state index contributed by atoms with van der Waals surface area (Å²) in [6.07, 6.45) is 2.09. The fourth-order valence-electron chi connectivity index (χ4n) is 3.48. The summed E-state index contributed by atoms with van der Waals surface area (Å²) in [5.41, 5.74) is 2.57. The highest BCUT2D eigenvalue weighted by Crippen LogP contribution is 2.39. The van der Waals surface area contributed by atoms with E-state index in [0.717, 1.165) is 23.3 Å². The highest BCUT2D eigenvalue weighted by atomic mass is 32.1. The number of carbonyl (C=O) groups excluding carboxylic acids is 1. The summed E-state index contributed by atoms with van der Waals surface area (Å²) in [4.78, 5) is 33.6. The van der Waals surface area contributed by atoms with Gasteiger partial charge in [-0.05, 0) is 34.9 Å². The number of amides is 1. The molecule has 11 heteroatoms. The Kier molecular flexibility index (Phi) is 7.68. The first-order valence-corrected chi connectivity index (χ1v) is 10.6. The summed E-state index contributed by atoms with van der Waals surface area (Å²) in [6, 6.07) is 7.59. The van der Waals surface area contributed by atoms with Gasteiger partial charge < -0.3 is 4.74 Å². The molecule has 0 unspecified atom stereocenters. The van der Waals surface area contributed by atoms with Crippen molar-refractivity contribution in [2.45, 2.75) is 46.5 Å². The number of nitrogens with zero attached hydrogens (tertiary/aromatic N) is 3. The number of hydrazone groups is 1.